The second kappa shape index (κ2) is 3.58. The van der Waals surface area contributed by atoms with Crippen molar-refractivity contribution in [3.63, 3.8) is 0 Å². The van der Waals surface area contributed by atoms with Crippen LogP contribution < -0.4 is 0 Å². The van der Waals surface area contributed by atoms with Crippen LogP contribution in [0.15, 0.2) is 18.5 Å². The lowest BCUT2D eigenvalue weighted by atomic mass is 9.57. The van der Waals surface area contributed by atoms with Gasteiger partial charge in [0.2, 0.25) is 0 Å². The number of ether oxygens (including phenoxy) is 3. The van der Waals surface area contributed by atoms with Gasteiger partial charge in [-0.2, -0.15) is 0 Å². The van der Waals surface area contributed by atoms with E-state index in [0.717, 1.165) is 5.56 Å². The molecule has 1 aromatic heterocycles. The monoisotopic (exact) mass is 237 g/mol. The third-order valence-electron chi connectivity index (χ3n) is 4.04. The normalized spacial score (nSPS) is 24.5. The van der Waals surface area contributed by atoms with Gasteiger partial charge in [-0.05, 0) is 11.6 Å². The van der Waals surface area contributed by atoms with Crippen molar-refractivity contribution in [3.05, 3.63) is 24.0 Å². The smallest absolute Gasteiger partial charge is 0.317 e. The summed E-state index contributed by atoms with van der Waals surface area (Å²) >= 11 is 0. The Labute approximate surface area is 99.1 Å². The average molecular weight is 237 g/mol. The van der Waals surface area contributed by atoms with E-state index in [1.54, 1.807) is 0 Å². The molecular weight excluding hydrogens is 222 g/mol. The van der Waals surface area contributed by atoms with E-state index >= 15 is 0 Å². The SMILES string of the molecule is COC(=O)C1(C2(c3cc[nH]c3)COC2)COC1. The van der Waals surface area contributed by atoms with Crippen LogP contribution in [0.4, 0.5) is 0 Å². The lowest BCUT2D eigenvalue weighted by molar-refractivity contribution is -0.238. The lowest BCUT2D eigenvalue weighted by Crippen LogP contribution is -2.70. The fourth-order valence-corrected chi connectivity index (χ4v) is 2.74. The van der Waals surface area contributed by atoms with E-state index in [-0.39, 0.29) is 11.4 Å². The molecule has 1 aromatic rings. The predicted octanol–water partition coefficient (Wildman–Crippen LogP) is 0.472. The first kappa shape index (κ1) is 10.8. The van der Waals surface area contributed by atoms with Crippen LogP contribution in [-0.4, -0.2) is 44.5 Å². The molecule has 0 spiro atoms. The standard InChI is InChI=1S/C12H15NO4/c1-15-10(14)12(7-17-8-12)11(5-16-6-11)9-2-3-13-4-9/h2-4,13H,5-8H2,1H3. The second-order valence-corrected chi connectivity index (χ2v) is 4.74. The zero-order chi connectivity index (χ0) is 11.9. The number of methoxy groups -OCH3 is 1. The summed E-state index contributed by atoms with van der Waals surface area (Å²) in [4.78, 5) is 15.1. The number of hydrogen-bond acceptors (Lipinski definition) is 4. The van der Waals surface area contributed by atoms with E-state index in [9.17, 15) is 4.79 Å². The Kier molecular flexibility index (Phi) is 2.27. The van der Waals surface area contributed by atoms with Crippen LogP contribution >= 0.6 is 0 Å². The highest BCUT2D eigenvalue weighted by Crippen LogP contribution is 2.52. The second-order valence-electron chi connectivity index (χ2n) is 4.74. The van der Waals surface area contributed by atoms with Gasteiger partial charge in [0, 0.05) is 12.4 Å². The van der Waals surface area contributed by atoms with Crippen molar-refractivity contribution in [2.24, 2.45) is 5.41 Å². The molecule has 3 heterocycles. The minimum absolute atomic E-state index is 0.201. The van der Waals surface area contributed by atoms with Gasteiger partial charge >= 0.3 is 5.97 Å². The summed E-state index contributed by atoms with van der Waals surface area (Å²) in [6.07, 6.45) is 3.78. The molecule has 2 aliphatic rings. The fourth-order valence-electron chi connectivity index (χ4n) is 2.74. The number of carbonyl (C=O) groups excluding carboxylic acids is 1. The van der Waals surface area contributed by atoms with Gasteiger partial charge in [0.1, 0.15) is 5.41 Å². The maximum absolute atomic E-state index is 12.1. The van der Waals surface area contributed by atoms with E-state index in [2.05, 4.69) is 4.98 Å². The first-order chi connectivity index (χ1) is 8.25. The van der Waals surface area contributed by atoms with E-state index in [1.165, 1.54) is 7.11 Å². The molecule has 2 aliphatic heterocycles. The van der Waals surface area contributed by atoms with Gasteiger partial charge in [0.05, 0.1) is 39.0 Å². The third-order valence-corrected chi connectivity index (χ3v) is 4.04. The Balaban J connectivity index is 2.02. The summed E-state index contributed by atoms with van der Waals surface area (Å²) in [5, 5.41) is 0. The Hall–Kier alpha value is -1.33. The van der Waals surface area contributed by atoms with Crippen LogP contribution in [0, 0.1) is 5.41 Å². The number of H-pyrrole nitrogens is 1. The van der Waals surface area contributed by atoms with Crippen molar-refractivity contribution in [1.29, 1.82) is 0 Å². The van der Waals surface area contributed by atoms with Gasteiger partial charge in [0.25, 0.3) is 0 Å². The Morgan fingerprint density at radius 2 is 2.06 bits per heavy atom. The first-order valence-electron chi connectivity index (χ1n) is 5.62. The molecule has 2 saturated heterocycles. The number of rotatable bonds is 3. The van der Waals surface area contributed by atoms with Crippen LogP contribution in [0.5, 0.6) is 0 Å². The molecule has 0 bridgehead atoms. The van der Waals surface area contributed by atoms with Crippen LogP contribution in [0.25, 0.3) is 0 Å². The summed E-state index contributed by atoms with van der Waals surface area (Å²) in [6, 6.07) is 1.99. The first-order valence-corrected chi connectivity index (χ1v) is 5.62. The lowest BCUT2D eigenvalue weighted by Gasteiger charge is -2.56. The van der Waals surface area contributed by atoms with Crippen molar-refractivity contribution in [1.82, 2.24) is 4.98 Å². The van der Waals surface area contributed by atoms with Crippen LogP contribution in [0.1, 0.15) is 5.56 Å². The molecule has 92 valence electrons. The zero-order valence-electron chi connectivity index (χ0n) is 9.69. The number of nitrogens with one attached hydrogen (secondary N) is 1. The molecule has 0 saturated carbocycles. The van der Waals surface area contributed by atoms with E-state index < -0.39 is 5.41 Å². The molecule has 0 aromatic carbocycles. The molecule has 5 heteroatoms. The molecule has 0 unspecified atom stereocenters. The van der Waals surface area contributed by atoms with Crippen LogP contribution in [0.3, 0.4) is 0 Å². The molecule has 3 rings (SSSR count). The van der Waals surface area contributed by atoms with Crippen molar-refractivity contribution in [3.8, 4) is 0 Å². The fraction of sp³-hybridized carbons (Fsp3) is 0.583. The number of aromatic amines is 1. The van der Waals surface area contributed by atoms with Crippen molar-refractivity contribution < 1.29 is 19.0 Å². The molecule has 0 amide bonds. The summed E-state index contributed by atoms with van der Waals surface area (Å²) in [5.74, 6) is -0.201. The summed E-state index contributed by atoms with van der Waals surface area (Å²) in [6.45, 7) is 1.91. The molecule has 0 radical (unpaired) electrons. The largest absolute Gasteiger partial charge is 0.468 e. The number of esters is 1. The van der Waals surface area contributed by atoms with E-state index in [4.69, 9.17) is 14.2 Å². The summed E-state index contributed by atoms with van der Waals surface area (Å²) in [5.41, 5.74) is 0.220. The quantitative estimate of drug-likeness (QED) is 0.776. The molecule has 1 N–H and O–H groups in total. The van der Waals surface area contributed by atoms with Gasteiger partial charge in [-0.25, -0.2) is 0 Å². The molecule has 17 heavy (non-hydrogen) atoms. The van der Waals surface area contributed by atoms with E-state index in [1.807, 2.05) is 18.5 Å². The van der Waals surface area contributed by atoms with Gasteiger partial charge in [-0.1, -0.05) is 0 Å². The summed E-state index contributed by atoms with van der Waals surface area (Å²) in [7, 11) is 1.42. The molecule has 0 aliphatic carbocycles. The topological polar surface area (TPSA) is 60.6 Å². The zero-order valence-corrected chi connectivity index (χ0v) is 9.69. The Morgan fingerprint density at radius 3 is 2.41 bits per heavy atom. The molecule has 2 fully saturated rings. The van der Waals surface area contributed by atoms with Gasteiger partial charge in [0.15, 0.2) is 0 Å². The van der Waals surface area contributed by atoms with Crippen molar-refractivity contribution >= 4 is 5.97 Å². The van der Waals surface area contributed by atoms with Crippen molar-refractivity contribution in [2.45, 2.75) is 5.41 Å². The molecule has 5 nitrogen and oxygen atoms in total. The van der Waals surface area contributed by atoms with Crippen LogP contribution in [0.2, 0.25) is 0 Å². The molecular formula is C12H15NO4. The third kappa shape index (κ3) is 1.18. The number of aromatic nitrogens is 1. The number of hydrogen-bond donors (Lipinski definition) is 1. The maximum Gasteiger partial charge on any atom is 0.317 e. The minimum Gasteiger partial charge on any atom is -0.468 e. The Morgan fingerprint density at radius 1 is 1.35 bits per heavy atom. The Bertz CT molecular complexity index is 418. The average Bonchev–Trinajstić information content (AvgIpc) is 2.72. The van der Waals surface area contributed by atoms with Gasteiger partial charge < -0.3 is 19.2 Å². The highest BCUT2D eigenvalue weighted by atomic mass is 16.6. The highest BCUT2D eigenvalue weighted by molar-refractivity contribution is 5.81. The predicted molar refractivity (Wildman–Crippen MR) is 58.6 cm³/mol. The minimum atomic E-state index is -0.581. The van der Waals surface area contributed by atoms with E-state index in [0.29, 0.717) is 26.4 Å². The summed E-state index contributed by atoms with van der Waals surface area (Å²) < 4.78 is 15.6. The molecule has 0 atom stereocenters. The van der Waals surface area contributed by atoms with Gasteiger partial charge in [-0.15, -0.1) is 0 Å². The van der Waals surface area contributed by atoms with Crippen molar-refractivity contribution in [2.75, 3.05) is 33.5 Å². The van der Waals surface area contributed by atoms with Gasteiger partial charge in [-0.3, -0.25) is 4.79 Å². The highest BCUT2D eigenvalue weighted by Gasteiger charge is 2.66. The van der Waals surface area contributed by atoms with Crippen LogP contribution in [-0.2, 0) is 24.4 Å². The maximum atomic E-state index is 12.1. The number of carbonyl (C=O) groups is 1.